The summed E-state index contributed by atoms with van der Waals surface area (Å²) in [6.07, 6.45) is 1.51. The molecule has 3 rings (SSSR count). The molecule has 0 atom stereocenters. The van der Waals surface area contributed by atoms with E-state index in [1.807, 2.05) is 41.8 Å². The molecule has 0 spiro atoms. The van der Waals surface area contributed by atoms with E-state index in [2.05, 4.69) is 25.5 Å². The highest BCUT2D eigenvalue weighted by atomic mass is 32.2. The number of benzene rings is 2. The zero-order valence-electron chi connectivity index (χ0n) is 16.6. The molecule has 1 amide bonds. The Kier molecular flexibility index (Phi) is 7.34. The minimum atomic E-state index is -0.404. The lowest BCUT2D eigenvalue weighted by atomic mass is 10.1. The molecule has 1 aromatic heterocycles. The van der Waals surface area contributed by atoms with Gasteiger partial charge in [0.05, 0.1) is 24.6 Å². The number of nitrogens with one attached hydrogen (secondary N) is 1. The Bertz CT molecular complexity index is 1030. The van der Waals surface area contributed by atoms with Crippen molar-refractivity contribution in [2.24, 2.45) is 5.10 Å². The summed E-state index contributed by atoms with van der Waals surface area (Å²) in [5.74, 6) is 0.272. The van der Waals surface area contributed by atoms with Gasteiger partial charge in [0.25, 0.3) is 5.91 Å². The van der Waals surface area contributed by atoms with Crippen molar-refractivity contribution in [2.75, 3.05) is 12.9 Å². The van der Waals surface area contributed by atoms with E-state index in [0.717, 1.165) is 17.0 Å². The molecule has 0 bridgehead atoms. The summed E-state index contributed by atoms with van der Waals surface area (Å²) in [5, 5.41) is 13.1. The van der Waals surface area contributed by atoms with Crippen LogP contribution in [0.5, 0.6) is 0 Å². The first-order valence-electron chi connectivity index (χ1n) is 9.24. The number of aromatic nitrogens is 3. The number of hydrogen-bond donors (Lipinski definition) is 1. The normalized spacial score (nSPS) is 10.9. The number of esters is 1. The molecule has 2 aromatic carbocycles. The van der Waals surface area contributed by atoms with Crippen molar-refractivity contribution in [3.05, 3.63) is 65.7 Å². The summed E-state index contributed by atoms with van der Waals surface area (Å²) in [4.78, 5) is 23.5. The van der Waals surface area contributed by atoms with Crippen LogP contribution in [-0.4, -0.2) is 45.7 Å². The fourth-order valence-corrected chi connectivity index (χ4v) is 3.44. The summed E-state index contributed by atoms with van der Waals surface area (Å²) in [6, 6.07) is 16.5. The van der Waals surface area contributed by atoms with Crippen LogP contribution >= 0.6 is 11.8 Å². The molecule has 1 N–H and O–H groups in total. The fourth-order valence-electron chi connectivity index (χ4n) is 2.65. The molecule has 9 heteroatoms. The van der Waals surface area contributed by atoms with Crippen molar-refractivity contribution in [1.29, 1.82) is 0 Å². The maximum Gasteiger partial charge on any atom is 0.337 e. The minimum Gasteiger partial charge on any atom is -0.465 e. The molecule has 0 saturated heterocycles. The number of rotatable bonds is 8. The number of methoxy groups -OCH3 is 1. The Balaban J connectivity index is 1.54. The van der Waals surface area contributed by atoms with Crippen molar-refractivity contribution in [3.8, 4) is 11.4 Å². The molecule has 0 aliphatic carbocycles. The Hall–Kier alpha value is -3.46. The van der Waals surface area contributed by atoms with Gasteiger partial charge in [0.2, 0.25) is 0 Å². The Morgan fingerprint density at radius 3 is 2.53 bits per heavy atom. The summed E-state index contributed by atoms with van der Waals surface area (Å²) < 4.78 is 6.62. The van der Waals surface area contributed by atoms with Crippen LogP contribution in [0.25, 0.3) is 11.4 Å². The quantitative estimate of drug-likeness (QED) is 0.259. The zero-order valence-corrected chi connectivity index (χ0v) is 17.4. The van der Waals surface area contributed by atoms with E-state index in [9.17, 15) is 9.59 Å². The molecule has 0 aliphatic rings. The van der Waals surface area contributed by atoms with E-state index in [-0.39, 0.29) is 11.7 Å². The zero-order chi connectivity index (χ0) is 21.3. The number of carbonyl (C=O) groups is 2. The standard InChI is InChI=1S/C21H21N5O3S/c1-3-26-19(16-7-5-4-6-8-16)24-25-21(26)30-14-18(27)23-22-13-15-9-11-17(12-10-15)20(28)29-2/h4-13H,3,14H2,1-2H3,(H,23,27). The van der Waals surface area contributed by atoms with Gasteiger partial charge in [-0.15, -0.1) is 10.2 Å². The van der Waals surface area contributed by atoms with Crippen molar-refractivity contribution >= 4 is 29.9 Å². The first kappa shape index (κ1) is 21.3. The average Bonchev–Trinajstić information content (AvgIpc) is 3.21. The van der Waals surface area contributed by atoms with Gasteiger partial charge in [-0.25, -0.2) is 10.2 Å². The number of thioether (sulfide) groups is 1. The molecule has 0 aliphatic heterocycles. The largest absolute Gasteiger partial charge is 0.465 e. The van der Waals surface area contributed by atoms with E-state index in [1.165, 1.54) is 25.1 Å². The fraction of sp³-hybridized carbons (Fsp3) is 0.190. The van der Waals surface area contributed by atoms with Crippen LogP contribution in [-0.2, 0) is 16.1 Å². The first-order chi connectivity index (χ1) is 14.6. The van der Waals surface area contributed by atoms with Gasteiger partial charge in [-0.3, -0.25) is 4.79 Å². The van der Waals surface area contributed by atoms with E-state index in [4.69, 9.17) is 0 Å². The third-order valence-corrected chi connectivity index (χ3v) is 5.10. The van der Waals surface area contributed by atoms with Gasteiger partial charge in [-0.05, 0) is 24.6 Å². The maximum atomic E-state index is 12.1. The third-order valence-electron chi connectivity index (χ3n) is 4.13. The Labute approximate surface area is 178 Å². The monoisotopic (exact) mass is 423 g/mol. The molecule has 154 valence electrons. The van der Waals surface area contributed by atoms with Crippen LogP contribution < -0.4 is 5.43 Å². The number of hydrogen-bond acceptors (Lipinski definition) is 7. The second kappa shape index (κ2) is 10.4. The van der Waals surface area contributed by atoms with Gasteiger partial charge in [0.15, 0.2) is 11.0 Å². The van der Waals surface area contributed by atoms with Gasteiger partial charge in [-0.2, -0.15) is 5.10 Å². The van der Waals surface area contributed by atoms with Crippen LogP contribution in [0, 0.1) is 0 Å². The number of hydrazone groups is 1. The highest BCUT2D eigenvalue weighted by Crippen LogP contribution is 2.23. The smallest absolute Gasteiger partial charge is 0.337 e. The van der Waals surface area contributed by atoms with E-state index < -0.39 is 5.97 Å². The summed E-state index contributed by atoms with van der Waals surface area (Å²) in [7, 11) is 1.33. The van der Waals surface area contributed by atoms with Gasteiger partial charge >= 0.3 is 5.97 Å². The van der Waals surface area contributed by atoms with Gasteiger partial charge in [0.1, 0.15) is 0 Å². The predicted molar refractivity (Wildman–Crippen MR) is 115 cm³/mol. The molecule has 0 radical (unpaired) electrons. The Morgan fingerprint density at radius 1 is 1.13 bits per heavy atom. The summed E-state index contributed by atoms with van der Waals surface area (Å²) in [5.41, 5.74) is 4.66. The highest BCUT2D eigenvalue weighted by molar-refractivity contribution is 7.99. The molecule has 1 heterocycles. The summed E-state index contributed by atoms with van der Waals surface area (Å²) in [6.45, 7) is 2.70. The van der Waals surface area contributed by atoms with Crippen molar-refractivity contribution < 1.29 is 14.3 Å². The maximum absolute atomic E-state index is 12.1. The van der Waals surface area contributed by atoms with Gasteiger partial charge in [0, 0.05) is 12.1 Å². The van der Waals surface area contributed by atoms with E-state index >= 15 is 0 Å². The number of amides is 1. The molecular formula is C21H21N5O3S. The second-order valence-corrected chi connectivity index (χ2v) is 7.05. The van der Waals surface area contributed by atoms with Gasteiger partial charge < -0.3 is 9.30 Å². The van der Waals surface area contributed by atoms with Crippen LogP contribution in [0.4, 0.5) is 0 Å². The van der Waals surface area contributed by atoms with E-state index in [1.54, 1.807) is 24.3 Å². The molecule has 8 nitrogen and oxygen atoms in total. The molecule has 0 saturated carbocycles. The number of ether oxygens (including phenoxy) is 1. The van der Waals surface area contributed by atoms with Crippen LogP contribution in [0.1, 0.15) is 22.8 Å². The predicted octanol–water partition coefficient (Wildman–Crippen LogP) is 2.99. The van der Waals surface area contributed by atoms with Crippen LogP contribution in [0.3, 0.4) is 0 Å². The van der Waals surface area contributed by atoms with Crippen LogP contribution in [0.15, 0.2) is 64.9 Å². The van der Waals surface area contributed by atoms with Crippen molar-refractivity contribution in [2.45, 2.75) is 18.6 Å². The minimum absolute atomic E-state index is 0.158. The van der Waals surface area contributed by atoms with Gasteiger partial charge in [-0.1, -0.05) is 54.2 Å². The van der Waals surface area contributed by atoms with Crippen molar-refractivity contribution in [3.63, 3.8) is 0 Å². The first-order valence-corrected chi connectivity index (χ1v) is 10.2. The number of nitrogens with zero attached hydrogens (tertiary/aromatic N) is 4. The molecule has 0 fully saturated rings. The molecular weight excluding hydrogens is 402 g/mol. The lowest BCUT2D eigenvalue weighted by Gasteiger charge is -2.06. The second-order valence-electron chi connectivity index (χ2n) is 6.11. The molecule has 3 aromatic rings. The summed E-state index contributed by atoms with van der Waals surface area (Å²) >= 11 is 1.30. The van der Waals surface area contributed by atoms with Crippen molar-refractivity contribution in [1.82, 2.24) is 20.2 Å². The lowest BCUT2D eigenvalue weighted by molar-refractivity contribution is -0.118. The molecule has 30 heavy (non-hydrogen) atoms. The number of carbonyl (C=O) groups excluding carboxylic acids is 2. The topological polar surface area (TPSA) is 98.5 Å². The molecule has 0 unspecified atom stereocenters. The highest BCUT2D eigenvalue weighted by Gasteiger charge is 2.14. The van der Waals surface area contributed by atoms with Crippen LogP contribution in [0.2, 0.25) is 0 Å². The Morgan fingerprint density at radius 2 is 1.87 bits per heavy atom. The lowest BCUT2D eigenvalue weighted by Crippen LogP contribution is -2.20. The SMILES string of the molecule is CCn1c(SCC(=O)NN=Cc2ccc(C(=O)OC)cc2)nnc1-c1ccccc1. The third kappa shape index (κ3) is 5.32. The van der Waals surface area contributed by atoms with E-state index in [0.29, 0.717) is 17.3 Å². The average molecular weight is 423 g/mol.